The minimum atomic E-state index is -1.35. The summed E-state index contributed by atoms with van der Waals surface area (Å²) < 4.78 is 5.74. The van der Waals surface area contributed by atoms with Crippen LogP contribution in [0, 0.1) is 0 Å². The lowest BCUT2D eigenvalue weighted by Crippen LogP contribution is -2.39. The van der Waals surface area contributed by atoms with Crippen molar-refractivity contribution in [2.24, 2.45) is 0 Å². The fraction of sp³-hybridized carbons (Fsp3) is 1.00. The van der Waals surface area contributed by atoms with Gasteiger partial charge in [-0.1, -0.05) is 13.8 Å². The third-order valence-electron chi connectivity index (χ3n) is 2.03. The topological polar surface area (TPSA) is 9.23 Å². The molecule has 0 spiro atoms. The smallest absolute Gasteiger partial charge is 0.201 e. The highest BCUT2D eigenvalue weighted by molar-refractivity contribution is 7.82. The second-order valence-corrected chi connectivity index (χ2v) is 7.82. The minimum Gasteiger partial charge on any atom is -0.416 e. The molecule has 0 rings (SSSR count). The third-order valence-corrected chi connectivity index (χ3v) is 7.81. The highest BCUT2D eigenvalue weighted by atomic mass is 32.1. The van der Waals surface area contributed by atoms with E-state index in [0.717, 1.165) is 12.0 Å². The van der Waals surface area contributed by atoms with Crippen LogP contribution in [0.15, 0.2) is 0 Å². The maximum Gasteiger partial charge on any atom is 0.201 e. The molecule has 0 heterocycles. The highest BCUT2D eigenvalue weighted by Gasteiger charge is 2.28. The van der Waals surface area contributed by atoms with Gasteiger partial charge in [-0.3, -0.25) is 0 Å². The number of hydrogen-bond acceptors (Lipinski definition) is 2. The molecule has 0 bridgehead atoms. The summed E-state index contributed by atoms with van der Waals surface area (Å²) in [5.41, 5.74) is 0. The molecular formula is C7H18OSSi. The fourth-order valence-electron chi connectivity index (χ4n) is 1.03. The lowest BCUT2D eigenvalue weighted by atomic mass is 10.9. The van der Waals surface area contributed by atoms with E-state index in [0.29, 0.717) is 0 Å². The van der Waals surface area contributed by atoms with E-state index < -0.39 is 8.32 Å². The van der Waals surface area contributed by atoms with Gasteiger partial charge in [-0.25, -0.2) is 0 Å². The SMILES string of the molecule is CCO[Si](CC)(CC)CS. The van der Waals surface area contributed by atoms with Crippen LogP contribution in [0.25, 0.3) is 0 Å². The molecule has 0 aliphatic heterocycles. The molecule has 0 aromatic carbocycles. The Labute approximate surface area is 70.7 Å². The molecule has 1 nitrogen and oxygen atoms in total. The fourth-order valence-corrected chi connectivity index (χ4v) is 4.70. The molecule has 0 aliphatic carbocycles. The zero-order chi connectivity index (χ0) is 8.04. The molecule has 0 amide bonds. The monoisotopic (exact) mass is 178 g/mol. The quantitative estimate of drug-likeness (QED) is 0.503. The van der Waals surface area contributed by atoms with Crippen LogP contribution in [0.2, 0.25) is 12.1 Å². The van der Waals surface area contributed by atoms with Gasteiger partial charge < -0.3 is 4.43 Å². The molecule has 0 aliphatic rings. The molecular weight excluding hydrogens is 160 g/mol. The Morgan fingerprint density at radius 2 is 1.70 bits per heavy atom. The largest absolute Gasteiger partial charge is 0.416 e. The van der Waals surface area contributed by atoms with Crippen molar-refractivity contribution in [2.45, 2.75) is 32.9 Å². The van der Waals surface area contributed by atoms with Crippen LogP contribution in [-0.4, -0.2) is 20.3 Å². The molecule has 0 radical (unpaired) electrons. The summed E-state index contributed by atoms with van der Waals surface area (Å²) in [7, 11) is -1.35. The first-order valence-electron chi connectivity index (χ1n) is 3.99. The normalized spacial score (nSPS) is 12.0. The van der Waals surface area contributed by atoms with Crippen LogP contribution in [0.3, 0.4) is 0 Å². The van der Waals surface area contributed by atoms with Gasteiger partial charge in [0.2, 0.25) is 8.32 Å². The Hall–Kier alpha value is 0.527. The van der Waals surface area contributed by atoms with E-state index in [1.165, 1.54) is 12.1 Å². The van der Waals surface area contributed by atoms with E-state index in [9.17, 15) is 0 Å². The van der Waals surface area contributed by atoms with Gasteiger partial charge in [0.1, 0.15) is 0 Å². The molecule has 62 valence electrons. The molecule has 0 saturated carbocycles. The van der Waals surface area contributed by atoms with E-state index in [4.69, 9.17) is 4.43 Å². The summed E-state index contributed by atoms with van der Waals surface area (Å²) >= 11 is 4.33. The molecule has 3 heteroatoms. The predicted octanol–water partition coefficient (Wildman–Crippen LogP) is 2.48. The summed E-state index contributed by atoms with van der Waals surface area (Å²) in [6, 6.07) is 2.39. The van der Waals surface area contributed by atoms with Crippen molar-refractivity contribution in [3.8, 4) is 0 Å². The molecule has 10 heavy (non-hydrogen) atoms. The summed E-state index contributed by atoms with van der Waals surface area (Å²) in [6.45, 7) is 7.34. The zero-order valence-electron chi connectivity index (χ0n) is 7.18. The van der Waals surface area contributed by atoms with Crippen molar-refractivity contribution in [1.29, 1.82) is 0 Å². The first kappa shape index (κ1) is 10.5. The van der Waals surface area contributed by atoms with Crippen LogP contribution in [0.5, 0.6) is 0 Å². The maximum absolute atomic E-state index is 5.74. The van der Waals surface area contributed by atoms with E-state index in [1.807, 2.05) is 0 Å². The first-order valence-corrected chi connectivity index (χ1v) is 7.15. The zero-order valence-corrected chi connectivity index (χ0v) is 9.08. The average Bonchev–Trinajstić information content (AvgIpc) is 2.01. The third kappa shape index (κ3) is 2.64. The van der Waals surface area contributed by atoms with Gasteiger partial charge in [-0.05, 0) is 19.0 Å². The van der Waals surface area contributed by atoms with E-state index in [-0.39, 0.29) is 0 Å². The Balaban J connectivity index is 3.87. The van der Waals surface area contributed by atoms with Gasteiger partial charge in [0.25, 0.3) is 0 Å². The molecule has 0 unspecified atom stereocenters. The Morgan fingerprint density at radius 3 is 1.80 bits per heavy atom. The van der Waals surface area contributed by atoms with Crippen LogP contribution in [-0.2, 0) is 4.43 Å². The maximum atomic E-state index is 5.74. The van der Waals surface area contributed by atoms with Crippen LogP contribution >= 0.6 is 12.6 Å². The van der Waals surface area contributed by atoms with Crippen LogP contribution in [0.1, 0.15) is 20.8 Å². The van der Waals surface area contributed by atoms with E-state index in [1.54, 1.807) is 0 Å². The Morgan fingerprint density at radius 1 is 1.20 bits per heavy atom. The number of rotatable bonds is 5. The summed E-state index contributed by atoms with van der Waals surface area (Å²) in [5, 5.41) is 0.966. The van der Waals surface area contributed by atoms with Gasteiger partial charge in [-0.2, -0.15) is 12.6 Å². The minimum absolute atomic E-state index is 0.856. The number of hydrogen-bond donors (Lipinski definition) is 1. The van der Waals surface area contributed by atoms with Gasteiger partial charge >= 0.3 is 0 Å². The van der Waals surface area contributed by atoms with Gasteiger partial charge in [0, 0.05) is 12.0 Å². The number of thiol groups is 1. The first-order chi connectivity index (χ1) is 4.74. The second-order valence-electron chi connectivity index (χ2n) is 2.48. The van der Waals surface area contributed by atoms with Crippen molar-refractivity contribution < 1.29 is 4.43 Å². The lowest BCUT2D eigenvalue weighted by Gasteiger charge is -2.26. The van der Waals surface area contributed by atoms with E-state index in [2.05, 4.69) is 33.4 Å². The van der Waals surface area contributed by atoms with Crippen LogP contribution < -0.4 is 0 Å². The van der Waals surface area contributed by atoms with Crippen molar-refractivity contribution in [1.82, 2.24) is 0 Å². The van der Waals surface area contributed by atoms with Crippen molar-refractivity contribution >= 4 is 20.9 Å². The van der Waals surface area contributed by atoms with Crippen molar-refractivity contribution in [2.75, 3.05) is 12.0 Å². The lowest BCUT2D eigenvalue weighted by molar-refractivity contribution is 0.325. The van der Waals surface area contributed by atoms with Gasteiger partial charge in [0.15, 0.2) is 0 Å². The Bertz CT molecular complexity index is 75.4. The molecule has 0 atom stereocenters. The van der Waals surface area contributed by atoms with Gasteiger partial charge in [0.05, 0.1) is 0 Å². The van der Waals surface area contributed by atoms with Crippen molar-refractivity contribution in [3.63, 3.8) is 0 Å². The Kier molecular flexibility index (Phi) is 5.49. The van der Waals surface area contributed by atoms with Crippen LogP contribution in [0.4, 0.5) is 0 Å². The standard InChI is InChI=1S/C7H18OSSi/c1-4-8-10(5-2,6-3)7-9/h9H,4-7H2,1-3H3. The molecule has 0 fully saturated rings. The molecule has 0 aromatic rings. The predicted molar refractivity (Wildman–Crippen MR) is 52.2 cm³/mol. The highest BCUT2D eigenvalue weighted by Crippen LogP contribution is 2.17. The average molecular weight is 178 g/mol. The van der Waals surface area contributed by atoms with E-state index >= 15 is 0 Å². The summed E-state index contributed by atoms with van der Waals surface area (Å²) in [6.07, 6.45) is 0. The second kappa shape index (κ2) is 5.21. The molecule has 0 aromatic heterocycles. The van der Waals surface area contributed by atoms with Crippen molar-refractivity contribution in [3.05, 3.63) is 0 Å². The summed E-state index contributed by atoms with van der Waals surface area (Å²) in [4.78, 5) is 0. The molecule has 0 saturated heterocycles. The van der Waals surface area contributed by atoms with Gasteiger partial charge in [-0.15, -0.1) is 0 Å². The summed E-state index contributed by atoms with van der Waals surface area (Å²) in [5.74, 6) is 0. The molecule has 0 N–H and O–H groups in total.